The van der Waals surface area contributed by atoms with E-state index >= 15 is 0 Å². The molecular formula is C12H16N2S3. The van der Waals surface area contributed by atoms with E-state index in [1.165, 1.54) is 17.9 Å². The molecule has 1 fully saturated rings. The molecule has 2 nitrogen and oxygen atoms in total. The first kappa shape index (κ1) is 13.1. The third-order valence-electron chi connectivity index (χ3n) is 2.78. The van der Waals surface area contributed by atoms with E-state index in [1.807, 2.05) is 18.0 Å². The van der Waals surface area contributed by atoms with Gasteiger partial charge < -0.3 is 11.1 Å². The predicted molar refractivity (Wildman–Crippen MR) is 83.5 cm³/mol. The van der Waals surface area contributed by atoms with Crippen LogP contribution in [0.1, 0.15) is 12.0 Å². The van der Waals surface area contributed by atoms with Crippen LogP contribution in [0, 0.1) is 0 Å². The van der Waals surface area contributed by atoms with Crippen LogP contribution in [0.25, 0.3) is 0 Å². The van der Waals surface area contributed by atoms with Gasteiger partial charge in [0.1, 0.15) is 4.99 Å². The van der Waals surface area contributed by atoms with Crippen LogP contribution >= 0.6 is 35.7 Å². The van der Waals surface area contributed by atoms with Crippen LogP contribution in [0.15, 0.2) is 23.1 Å². The van der Waals surface area contributed by atoms with Crippen molar-refractivity contribution in [1.29, 1.82) is 0 Å². The lowest BCUT2D eigenvalue weighted by atomic mass is 10.1. The van der Waals surface area contributed by atoms with E-state index in [0.29, 0.717) is 11.0 Å². The zero-order chi connectivity index (χ0) is 12.3. The summed E-state index contributed by atoms with van der Waals surface area (Å²) in [7, 11) is 0. The van der Waals surface area contributed by atoms with Crippen LogP contribution < -0.4 is 11.1 Å². The Balaban J connectivity index is 2.28. The normalized spacial score (nSPS) is 19.2. The molecule has 3 N–H and O–H groups in total. The summed E-state index contributed by atoms with van der Waals surface area (Å²) in [5.74, 6) is 2.41. The summed E-state index contributed by atoms with van der Waals surface area (Å²) in [5, 5.41) is 3.56. The maximum Gasteiger partial charge on any atom is 0.107 e. The minimum Gasteiger partial charge on any atom is -0.389 e. The summed E-state index contributed by atoms with van der Waals surface area (Å²) in [6.45, 7) is 0. The van der Waals surface area contributed by atoms with Crippen LogP contribution in [0.2, 0.25) is 0 Å². The summed E-state index contributed by atoms with van der Waals surface area (Å²) in [4.78, 5) is 1.62. The Labute approximate surface area is 116 Å². The molecule has 1 saturated heterocycles. The lowest BCUT2D eigenvalue weighted by molar-refractivity contribution is 0.812. The molecule has 92 valence electrons. The van der Waals surface area contributed by atoms with Gasteiger partial charge in [0.05, 0.1) is 0 Å². The standard InChI is InChI=1S/C12H16N2S3/c1-16-10-4-2-3-9(11(10)12(13)15)14-8-5-6-17-7-8/h2-4,8,14H,5-7H2,1H3,(H2,13,15). The highest BCUT2D eigenvalue weighted by molar-refractivity contribution is 7.99. The predicted octanol–water partition coefficient (Wildman–Crippen LogP) is 2.96. The molecule has 1 heterocycles. The Kier molecular flexibility index (Phi) is 4.59. The second-order valence-electron chi connectivity index (χ2n) is 3.95. The quantitative estimate of drug-likeness (QED) is 0.657. The second kappa shape index (κ2) is 5.98. The maximum absolute atomic E-state index is 5.84. The van der Waals surface area contributed by atoms with Crippen LogP contribution in [0.4, 0.5) is 5.69 Å². The molecule has 1 aliphatic rings. The fourth-order valence-electron chi connectivity index (χ4n) is 1.94. The van der Waals surface area contributed by atoms with Gasteiger partial charge in [0.25, 0.3) is 0 Å². The molecular weight excluding hydrogens is 268 g/mol. The Morgan fingerprint density at radius 1 is 1.59 bits per heavy atom. The topological polar surface area (TPSA) is 38.0 Å². The van der Waals surface area contributed by atoms with Crippen molar-refractivity contribution >= 4 is 46.4 Å². The first-order valence-electron chi connectivity index (χ1n) is 5.53. The Morgan fingerprint density at radius 2 is 2.41 bits per heavy atom. The van der Waals surface area contributed by atoms with Gasteiger partial charge in [-0.3, -0.25) is 0 Å². The van der Waals surface area contributed by atoms with Gasteiger partial charge in [-0.15, -0.1) is 11.8 Å². The van der Waals surface area contributed by atoms with E-state index in [9.17, 15) is 0 Å². The lowest BCUT2D eigenvalue weighted by Crippen LogP contribution is -2.22. The van der Waals surface area contributed by atoms with Gasteiger partial charge in [0.2, 0.25) is 0 Å². The Hall–Kier alpha value is -0.390. The minimum atomic E-state index is 0.475. The summed E-state index contributed by atoms with van der Waals surface area (Å²) in [6.07, 6.45) is 3.26. The van der Waals surface area contributed by atoms with Crippen molar-refractivity contribution in [3.63, 3.8) is 0 Å². The third-order valence-corrected chi connectivity index (χ3v) is 4.93. The molecule has 1 atom stereocenters. The van der Waals surface area contributed by atoms with Crippen LogP contribution in [0.3, 0.4) is 0 Å². The van der Waals surface area contributed by atoms with E-state index in [2.05, 4.69) is 23.5 Å². The number of nitrogens with two attached hydrogens (primary N) is 1. The van der Waals surface area contributed by atoms with Crippen molar-refractivity contribution in [2.75, 3.05) is 23.1 Å². The van der Waals surface area contributed by atoms with Gasteiger partial charge in [0.15, 0.2) is 0 Å². The number of hydrogen-bond donors (Lipinski definition) is 2. The molecule has 1 aliphatic heterocycles. The molecule has 1 aromatic rings. The highest BCUT2D eigenvalue weighted by Crippen LogP contribution is 2.29. The van der Waals surface area contributed by atoms with E-state index in [-0.39, 0.29) is 0 Å². The maximum atomic E-state index is 5.84. The van der Waals surface area contributed by atoms with Crippen molar-refractivity contribution < 1.29 is 0 Å². The van der Waals surface area contributed by atoms with Crippen molar-refractivity contribution in [3.05, 3.63) is 23.8 Å². The van der Waals surface area contributed by atoms with Gasteiger partial charge in [0, 0.05) is 27.9 Å². The fraction of sp³-hybridized carbons (Fsp3) is 0.417. The largest absolute Gasteiger partial charge is 0.389 e. The molecule has 0 bridgehead atoms. The SMILES string of the molecule is CSc1cccc(NC2CCSC2)c1C(N)=S. The molecule has 0 saturated carbocycles. The van der Waals surface area contributed by atoms with Gasteiger partial charge in [-0.25, -0.2) is 0 Å². The lowest BCUT2D eigenvalue weighted by Gasteiger charge is -2.18. The molecule has 0 amide bonds. The van der Waals surface area contributed by atoms with Gasteiger partial charge in [-0.1, -0.05) is 18.3 Å². The molecule has 17 heavy (non-hydrogen) atoms. The number of thiocarbonyl (C=S) groups is 1. The molecule has 1 aromatic carbocycles. The number of anilines is 1. The number of hydrogen-bond acceptors (Lipinski definition) is 4. The molecule has 0 aromatic heterocycles. The second-order valence-corrected chi connectivity index (χ2v) is 6.39. The first-order chi connectivity index (χ1) is 8.22. The van der Waals surface area contributed by atoms with Crippen molar-refractivity contribution in [1.82, 2.24) is 0 Å². The van der Waals surface area contributed by atoms with Gasteiger partial charge >= 0.3 is 0 Å². The smallest absolute Gasteiger partial charge is 0.107 e. The van der Waals surface area contributed by atoms with Crippen molar-refractivity contribution in [2.45, 2.75) is 17.4 Å². The van der Waals surface area contributed by atoms with Crippen molar-refractivity contribution in [2.24, 2.45) is 5.73 Å². The summed E-state index contributed by atoms with van der Waals surface area (Å²) in [6, 6.07) is 6.73. The molecule has 0 spiro atoms. The molecule has 0 aliphatic carbocycles. The third kappa shape index (κ3) is 3.09. The average molecular weight is 284 g/mol. The van der Waals surface area contributed by atoms with Crippen LogP contribution in [0.5, 0.6) is 0 Å². The minimum absolute atomic E-state index is 0.475. The van der Waals surface area contributed by atoms with E-state index in [1.54, 1.807) is 11.8 Å². The summed E-state index contributed by atoms with van der Waals surface area (Å²) < 4.78 is 0. The van der Waals surface area contributed by atoms with Crippen molar-refractivity contribution in [3.8, 4) is 0 Å². The first-order valence-corrected chi connectivity index (χ1v) is 8.32. The molecule has 2 rings (SSSR count). The molecule has 1 unspecified atom stereocenters. The van der Waals surface area contributed by atoms with Crippen LogP contribution in [-0.2, 0) is 0 Å². The van der Waals surface area contributed by atoms with Gasteiger partial charge in [-0.05, 0) is 30.6 Å². The molecule has 0 radical (unpaired) electrons. The number of nitrogens with one attached hydrogen (secondary N) is 1. The fourth-order valence-corrected chi connectivity index (χ4v) is 4.02. The van der Waals surface area contributed by atoms with E-state index in [0.717, 1.165) is 16.1 Å². The van der Waals surface area contributed by atoms with Crippen LogP contribution in [-0.4, -0.2) is 28.8 Å². The van der Waals surface area contributed by atoms with E-state index in [4.69, 9.17) is 18.0 Å². The van der Waals surface area contributed by atoms with Gasteiger partial charge in [-0.2, -0.15) is 11.8 Å². The Morgan fingerprint density at radius 3 is 3.00 bits per heavy atom. The molecule has 5 heteroatoms. The highest BCUT2D eigenvalue weighted by Gasteiger charge is 2.18. The van der Waals surface area contributed by atoms with E-state index < -0.39 is 0 Å². The monoisotopic (exact) mass is 284 g/mol. The number of benzene rings is 1. The number of thioether (sulfide) groups is 2. The summed E-state index contributed by atoms with van der Waals surface area (Å²) in [5.41, 5.74) is 7.91. The zero-order valence-corrected chi connectivity index (χ0v) is 12.2. The summed E-state index contributed by atoms with van der Waals surface area (Å²) >= 11 is 8.84. The number of rotatable bonds is 4. The zero-order valence-electron chi connectivity index (χ0n) is 9.73. The average Bonchev–Trinajstić information content (AvgIpc) is 2.81. The highest BCUT2D eigenvalue weighted by atomic mass is 32.2. The Bertz CT molecular complexity index is 414.